The largest absolute Gasteiger partial charge is 0.494 e. The van der Waals surface area contributed by atoms with E-state index in [2.05, 4.69) is 27.5 Å². The van der Waals surface area contributed by atoms with Gasteiger partial charge >= 0.3 is 0 Å². The fourth-order valence-corrected chi connectivity index (χ4v) is 2.86. The lowest BCUT2D eigenvalue weighted by Gasteiger charge is -2.17. The van der Waals surface area contributed by atoms with Gasteiger partial charge in [0.15, 0.2) is 5.88 Å². The van der Waals surface area contributed by atoms with Crippen molar-refractivity contribution in [1.82, 2.24) is 21.1 Å². The maximum atomic E-state index is 12.6. The second-order valence-electron chi connectivity index (χ2n) is 7.02. The maximum Gasteiger partial charge on any atom is 0.267 e. The standard InChI is InChI=1S/C24H20N4O6/c29-20-12-18(13-21(30)27-20)22(31)25-14-19(24(33)28-34)26-23(32)17-10-8-16(9-11-17)7-6-15-4-2-1-3-5-15/h1-5,8-13,19,34H,14H2,(H,25,31)(H,26,32)(H,28,33)(H2,27,29,30)/t19-/m0/s1. The third-order valence-electron chi connectivity index (χ3n) is 4.56. The number of benzene rings is 2. The van der Waals surface area contributed by atoms with E-state index >= 15 is 0 Å². The molecule has 0 spiro atoms. The highest BCUT2D eigenvalue weighted by Crippen LogP contribution is 2.06. The molecule has 2 aromatic carbocycles. The van der Waals surface area contributed by atoms with E-state index in [0.29, 0.717) is 5.56 Å². The number of H-pyrrole nitrogens is 1. The van der Waals surface area contributed by atoms with E-state index in [1.807, 2.05) is 30.3 Å². The summed E-state index contributed by atoms with van der Waals surface area (Å²) in [6.45, 7) is -0.398. The predicted octanol–water partition coefficient (Wildman–Crippen LogP) is 0.514. The first-order chi connectivity index (χ1) is 16.4. The molecule has 0 bridgehead atoms. The Kier molecular flexibility index (Phi) is 7.78. The van der Waals surface area contributed by atoms with Crippen LogP contribution < -0.4 is 21.7 Å². The van der Waals surface area contributed by atoms with Crippen LogP contribution in [0.25, 0.3) is 0 Å². The first kappa shape index (κ1) is 23.8. The van der Waals surface area contributed by atoms with Crippen LogP contribution in [0.3, 0.4) is 0 Å². The molecular formula is C24H20N4O6. The maximum absolute atomic E-state index is 12.6. The molecule has 0 aliphatic carbocycles. The van der Waals surface area contributed by atoms with Gasteiger partial charge in [0, 0.05) is 35.4 Å². The topological polar surface area (TPSA) is 161 Å². The van der Waals surface area contributed by atoms with Crippen LogP contribution >= 0.6 is 0 Å². The molecule has 10 heteroatoms. The second kappa shape index (κ2) is 11.1. The lowest BCUT2D eigenvalue weighted by atomic mass is 10.1. The van der Waals surface area contributed by atoms with E-state index in [9.17, 15) is 24.3 Å². The molecule has 0 saturated carbocycles. The van der Waals surface area contributed by atoms with Crippen molar-refractivity contribution < 1.29 is 24.7 Å². The molecule has 10 nitrogen and oxygen atoms in total. The zero-order chi connectivity index (χ0) is 24.5. The summed E-state index contributed by atoms with van der Waals surface area (Å²) in [5.74, 6) is 3.12. The quantitative estimate of drug-likeness (QED) is 0.179. The molecule has 172 valence electrons. The van der Waals surface area contributed by atoms with Crippen molar-refractivity contribution in [1.29, 1.82) is 0 Å². The first-order valence-corrected chi connectivity index (χ1v) is 9.99. The highest BCUT2D eigenvalue weighted by atomic mass is 16.5. The van der Waals surface area contributed by atoms with Crippen LogP contribution in [0.5, 0.6) is 5.88 Å². The van der Waals surface area contributed by atoms with Crippen molar-refractivity contribution in [3.63, 3.8) is 0 Å². The molecule has 0 aliphatic heterocycles. The van der Waals surface area contributed by atoms with Gasteiger partial charge < -0.3 is 15.7 Å². The van der Waals surface area contributed by atoms with Crippen molar-refractivity contribution in [3.05, 3.63) is 99.3 Å². The SMILES string of the molecule is O=C(NC[C@H](NC(=O)c1ccc(C#Cc2ccccc2)cc1)C(=O)NO)c1cc(O)[nH]c(=O)c1. The number of aromatic amines is 1. The van der Waals surface area contributed by atoms with E-state index in [1.54, 1.807) is 12.1 Å². The Balaban J connectivity index is 1.64. The van der Waals surface area contributed by atoms with E-state index in [1.165, 1.54) is 17.6 Å². The Morgan fingerprint density at radius 1 is 0.882 bits per heavy atom. The van der Waals surface area contributed by atoms with Gasteiger partial charge in [-0.15, -0.1) is 0 Å². The summed E-state index contributed by atoms with van der Waals surface area (Å²) in [4.78, 5) is 50.2. The number of nitrogens with one attached hydrogen (secondary N) is 4. The van der Waals surface area contributed by atoms with Crippen molar-refractivity contribution in [3.8, 4) is 17.7 Å². The fourth-order valence-electron chi connectivity index (χ4n) is 2.86. The highest BCUT2D eigenvalue weighted by Gasteiger charge is 2.22. The molecule has 0 radical (unpaired) electrons. The van der Waals surface area contributed by atoms with E-state index in [-0.39, 0.29) is 11.1 Å². The van der Waals surface area contributed by atoms with Crippen LogP contribution in [0, 0.1) is 11.8 Å². The normalized spacial score (nSPS) is 10.9. The number of aromatic nitrogens is 1. The highest BCUT2D eigenvalue weighted by molar-refractivity contribution is 5.98. The molecule has 1 aromatic heterocycles. The zero-order valence-electron chi connectivity index (χ0n) is 17.7. The lowest BCUT2D eigenvalue weighted by molar-refractivity contribution is -0.131. The van der Waals surface area contributed by atoms with Gasteiger partial charge in [-0.1, -0.05) is 30.0 Å². The van der Waals surface area contributed by atoms with Crippen LogP contribution in [0.4, 0.5) is 0 Å². The van der Waals surface area contributed by atoms with E-state index in [4.69, 9.17) is 5.21 Å². The average molecular weight is 460 g/mol. The Morgan fingerprint density at radius 3 is 2.15 bits per heavy atom. The van der Waals surface area contributed by atoms with Crippen molar-refractivity contribution >= 4 is 17.7 Å². The first-order valence-electron chi connectivity index (χ1n) is 9.99. The molecule has 3 aromatic rings. The number of aromatic hydroxyl groups is 1. The number of pyridine rings is 1. The third kappa shape index (κ3) is 6.56. The Labute approximate surface area is 193 Å². The average Bonchev–Trinajstić information content (AvgIpc) is 2.84. The zero-order valence-corrected chi connectivity index (χ0v) is 17.7. The number of amides is 3. The molecule has 6 N–H and O–H groups in total. The molecule has 0 saturated heterocycles. The van der Waals surface area contributed by atoms with Crippen molar-refractivity contribution in [2.75, 3.05) is 6.54 Å². The summed E-state index contributed by atoms with van der Waals surface area (Å²) in [5, 5.41) is 23.2. The lowest BCUT2D eigenvalue weighted by Crippen LogP contribution is -2.52. The van der Waals surface area contributed by atoms with Gasteiger partial charge in [-0.3, -0.25) is 29.4 Å². The molecule has 1 heterocycles. The summed E-state index contributed by atoms with van der Waals surface area (Å²) in [7, 11) is 0. The van der Waals surface area contributed by atoms with Crippen LogP contribution in [0.15, 0.2) is 71.5 Å². The molecule has 0 aliphatic rings. The van der Waals surface area contributed by atoms with Gasteiger partial charge in [0.25, 0.3) is 23.3 Å². The van der Waals surface area contributed by atoms with Gasteiger partial charge in [0.1, 0.15) is 6.04 Å². The summed E-state index contributed by atoms with van der Waals surface area (Å²) in [6.07, 6.45) is 0. The minimum atomic E-state index is -1.32. The summed E-state index contributed by atoms with van der Waals surface area (Å²) in [5.41, 5.74) is 2.34. The molecule has 3 rings (SSSR count). The molecule has 1 atom stereocenters. The molecule has 3 amide bonds. The molecule has 0 unspecified atom stereocenters. The van der Waals surface area contributed by atoms with Crippen LogP contribution in [0.1, 0.15) is 31.8 Å². The summed E-state index contributed by atoms with van der Waals surface area (Å²) >= 11 is 0. The monoisotopic (exact) mass is 460 g/mol. The second-order valence-corrected chi connectivity index (χ2v) is 7.02. The summed E-state index contributed by atoms with van der Waals surface area (Å²) < 4.78 is 0. The van der Waals surface area contributed by atoms with Gasteiger partial charge in [-0.25, -0.2) is 5.48 Å². The van der Waals surface area contributed by atoms with Crippen LogP contribution in [0.2, 0.25) is 0 Å². The number of rotatable bonds is 6. The third-order valence-corrected chi connectivity index (χ3v) is 4.56. The number of hydrogen-bond donors (Lipinski definition) is 6. The predicted molar refractivity (Wildman–Crippen MR) is 121 cm³/mol. The van der Waals surface area contributed by atoms with Crippen molar-refractivity contribution in [2.24, 2.45) is 0 Å². The molecule has 0 fully saturated rings. The Bertz CT molecular complexity index is 1310. The van der Waals surface area contributed by atoms with Gasteiger partial charge in [-0.2, -0.15) is 0 Å². The van der Waals surface area contributed by atoms with Gasteiger partial charge in [0.2, 0.25) is 0 Å². The van der Waals surface area contributed by atoms with E-state index in [0.717, 1.165) is 17.7 Å². The van der Waals surface area contributed by atoms with Crippen molar-refractivity contribution in [2.45, 2.75) is 6.04 Å². The summed E-state index contributed by atoms with van der Waals surface area (Å²) in [6, 6.07) is 16.4. The van der Waals surface area contributed by atoms with Gasteiger partial charge in [-0.05, 0) is 36.4 Å². The van der Waals surface area contributed by atoms with Crippen LogP contribution in [-0.2, 0) is 4.79 Å². The Hall–Kier alpha value is -4.88. The Morgan fingerprint density at radius 2 is 1.53 bits per heavy atom. The van der Waals surface area contributed by atoms with Gasteiger partial charge in [0.05, 0.1) is 5.56 Å². The minimum absolute atomic E-state index is 0.150. The fraction of sp³-hybridized carbons (Fsp3) is 0.0833. The number of carbonyl (C=O) groups excluding carboxylic acids is 3. The smallest absolute Gasteiger partial charge is 0.267 e. The molecule has 34 heavy (non-hydrogen) atoms. The van der Waals surface area contributed by atoms with E-state index < -0.39 is 41.7 Å². The number of hydrogen-bond acceptors (Lipinski definition) is 6. The number of hydroxylamine groups is 1. The minimum Gasteiger partial charge on any atom is -0.494 e. The number of carbonyl (C=O) groups is 3. The van der Waals surface area contributed by atoms with Crippen LogP contribution in [-0.4, -0.2) is 45.6 Å². The molecular weight excluding hydrogens is 440 g/mol.